The van der Waals surface area contributed by atoms with E-state index >= 15 is 0 Å². The van der Waals surface area contributed by atoms with Gasteiger partial charge in [0.25, 0.3) is 5.91 Å². The number of amides is 1. The molecule has 2 N–H and O–H groups in total. The van der Waals surface area contributed by atoms with Crippen LogP contribution < -0.4 is 10.9 Å². The second kappa shape index (κ2) is 10.2. The van der Waals surface area contributed by atoms with Gasteiger partial charge in [-0.05, 0) is 61.4 Å². The fourth-order valence-corrected chi connectivity index (χ4v) is 5.31. The summed E-state index contributed by atoms with van der Waals surface area (Å²) in [5.74, 6) is -0.238. The molecule has 0 saturated carbocycles. The number of hydrazine groups is 1. The minimum atomic E-state index is -0.222. The summed E-state index contributed by atoms with van der Waals surface area (Å²) in [6.07, 6.45) is 4.49. The third-order valence-electron chi connectivity index (χ3n) is 6.50. The van der Waals surface area contributed by atoms with E-state index in [1.165, 1.54) is 17.0 Å². The van der Waals surface area contributed by atoms with Gasteiger partial charge in [0.15, 0.2) is 5.65 Å². The molecule has 4 heterocycles. The number of halogens is 1. The smallest absolute Gasteiger partial charge is 0.254 e. The van der Waals surface area contributed by atoms with Gasteiger partial charge in [0, 0.05) is 36.2 Å². The Hall–Kier alpha value is -3.14. The number of thiophene rings is 1. The number of nitrogens with one attached hydrogen (secondary N) is 2. The molecule has 1 saturated heterocycles. The van der Waals surface area contributed by atoms with Gasteiger partial charge in [-0.25, -0.2) is 14.1 Å². The molecule has 0 aliphatic carbocycles. The average Bonchev–Trinajstić information content (AvgIpc) is 3.61. The molecule has 9 heteroatoms. The van der Waals surface area contributed by atoms with E-state index in [0.717, 1.165) is 41.6 Å². The number of rotatable bonds is 8. The van der Waals surface area contributed by atoms with Crippen LogP contribution in [-0.4, -0.2) is 45.2 Å². The highest BCUT2D eigenvalue weighted by Crippen LogP contribution is 2.25. The maximum atomic E-state index is 13.3. The lowest BCUT2D eigenvalue weighted by molar-refractivity contribution is 0.0793. The molecule has 1 aromatic carbocycles. The first kappa shape index (κ1) is 23.6. The van der Waals surface area contributed by atoms with Gasteiger partial charge in [0.1, 0.15) is 5.82 Å². The van der Waals surface area contributed by atoms with E-state index in [1.54, 1.807) is 22.4 Å². The summed E-state index contributed by atoms with van der Waals surface area (Å²) >= 11 is 1.68. The molecule has 1 fully saturated rings. The first-order chi connectivity index (χ1) is 17.0. The molecule has 0 spiro atoms. The quantitative estimate of drug-likeness (QED) is 0.380. The van der Waals surface area contributed by atoms with Crippen molar-refractivity contribution in [1.29, 1.82) is 0 Å². The number of pyridine rings is 1. The fourth-order valence-electron chi connectivity index (χ4n) is 4.62. The van der Waals surface area contributed by atoms with Gasteiger partial charge in [0.2, 0.25) is 0 Å². The molecule has 35 heavy (non-hydrogen) atoms. The Bertz CT molecular complexity index is 1300. The Morgan fingerprint density at radius 2 is 2.09 bits per heavy atom. The number of hydrogen-bond donors (Lipinski definition) is 2. The van der Waals surface area contributed by atoms with Crippen molar-refractivity contribution in [3.63, 3.8) is 0 Å². The third kappa shape index (κ3) is 5.27. The first-order valence-electron chi connectivity index (χ1n) is 11.9. The lowest BCUT2D eigenvalue weighted by atomic mass is 9.99. The highest BCUT2D eigenvalue weighted by molar-refractivity contribution is 7.09. The Morgan fingerprint density at radius 1 is 1.26 bits per heavy atom. The van der Waals surface area contributed by atoms with Gasteiger partial charge < -0.3 is 4.90 Å². The van der Waals surface area contributed by atoms with Crippen LogP contribution in [0, 0.1) is 12.7 Å². The fraction of sp³-hybridized carbons (Fsp3) is 0.346. The summed E-state index contributed by atoms with van der Waals surface area (Å²) in [5.41, 5.74) is 9.90. The maximum Gasteiger partial charge on any atom is 0.254 e. The summed E-state index contributed by atoms with van der Waals surface area (Å²) in [6.45, 7) is 3.21. The molecule has 1 aliphatic heterocycles. The molecule has 2 unspecified atom stereocenters. The number of carbonyl (C=O) groups excluding carboxylic acids is 1. The molecule has 7 nitrogen and oxygen atoms in total. The van der Waals surface area contributed by atoms with Crippen molar-refractivity contribution < 1.29 is 9.18 Å². The summed E-state index contributed by atoms with van der Waals surface area (Å²) in [4.78, 5) is 21.0. The van der Waals surface area contributed by atoms with Crippen molar-refractivity contribution in [1.82, 2.24) is 30.5 Å². The topological polar surface area (TPSA) is 75.1 Å². The van der Waals surface area contributed by atoms with Crippen LogP contribution in [0.25, 0.3) is 11.0 Å². The Kier molecular flexibility index (Phi) is 6.90. The van der Waals surface area contributed by atoms with Crippen LogP contribution >= 0.6 is 11.3 Å². The van der Waals surface area contributed by atoms with Gasteiger partial charge in [0.05, 0.1) is 23.7 Å². The van der Waals surface area contributed by atoms with Gasteiger partial charge in [-0.1, -0.05) is 18.2 Å². The van der Waals surface area contributed by atoms with Crippen LogP contribution in [0.1, 0.15) is 51.8 Å². The number of aromatic nitrogens is 3. The van der Waals surface area contributed by atoms with Crippen molar-refractivity contribution >= 4 is 28.3 Å². The molecule has 1 aliphatic rings. The van der Waals surface area contributed by atoms with Gasteiger partial charge in [-0.15, -0.1) is 11.3 Å². The Balaban J connectivity index is 1.19. The van der Waals surface area contributed by atoms with Gasteiger partial charge in [-0.2, -0.15) is 5.10 Å². The highest BCUT2D eigenvalue weighted by atomic mass is 32.1. The maximum absolute atomic E-state index is 13.3. The largest absolute Gasteiger partial charge is 0.342 e. The van der Waals surface area contributed by atoms with E-state index in [1.807, 2.05) is 48.3 Å². The monoisotopic (exact) mass is 492 g/mol. The van der Waals surface area contributed by atoms with Crippen molar-refractivity contribution in [3.8, 4) is 0 Å². The second-order valence-corrected chi connectivity index (χ2v) is 10.2. The van der Waals surface area contributed by atoms with E-state index in [-0.39, 0.29) is 17.8 Å². The molecule has 0 radical (unpaired) electrons. The predicted octanol–water partition coefficient (Wildman–Crippen LogP) is 4.45. The van der Waals surface area contributed by atoms with Crippen LogP contribution in [0.4, 0.5) is 4.39 Å². The van der Waals surface area contributed by atoms with E-state index in [9.17, 15) is 9.18 Å². The first-order valence-corrected chi connectivity index (χ1v) is 12.7. The zero-order chi connectivity index (χ0) is 24.4. The van der Waals surface area contributed by atoms with Crippen molar-refractivity contribution in [2.24, 2.45) is 0 Å². The van der Waals surface area contributed by atoms with Crippen LogP contribution in [0.15, 0.2) is 54.0 Å². The van der Waals surface area contributed by atoms with Crippen LogP contribution in [0.2, 0.25) is 0 Å². The molecule has 1 amide bonds. The molecular formula is C26H29FN6OS. The van der Waals surface area contributed by atoms with E-state index in [2.05, 4.69) is 27.0 Å². The molecule has 4 aromatic rings. The second-order valence-electron chi connectivity index (χ2n) is 9.12. The standard InChI is InChI=1S/C26H29FN6OS/c1-17-13-22(23-15-28-33(25(23)29-17)16-21-6-4-12-35-21)26(34)32(2)11-3-5-20-14-24(31-30-20)18-7-9-19(27)10-8-18/h4,6-10,12-13,15,20,24,30-31H,3,5,11,14,16H2,1-2H3. The van der Waals surface area contributed by atoms with Crippen molar-refractivity contribution in [2.75, 3.05) is 13.6 Å². The number of carbonyl (C=O) groups is 1. The normalized spacial score (nSPS) is 17.8. The summed E-state index contributed by atoms with van der Waals surface area (Å²) in [7, 11) is 1.85. The lowest BCUT2D eigenvalue weighted by Crippen LogP contribution is -2.32. The number of nitrogens with zero attached hydrogens (tertiary/aromatic N) is 4. The van der Waals surface area contributed by atoms with E-state index in [0.29, 0.717) is 24.7 Å². The summed E-state index contributed by atoms with van der Waals surface area (Å²) in [6, 6.07) is 13.1. The molecule has 3 aromatic heterocycles. The Morgan fingerprint density at radius 3 is 2.86 bits per heavy atom. The zero-order valence-corrected chi connectivity index (χ0v) is 20.7. The van der Waals surface area contributed by atoms with Crippen molar-refractivity contribution in [2.45, 2.75) is 44.8 Å². The number of aryl methyl sites for hydroxylation is 1. The van der Waals surface area contributed by atoms with Gasteiger partial charge >= 0.3 is 0 Å². The molecule has 182 valence electrons. The van der Waals surface area contributed by atoms with Crippen LogP contribution in [0.5, 0.6) is 0 Å². The van der Waals surface area contributed by atoms with E-state index < -0.39 is 0 Å². The summed E-state index contributed by atoms with van der Waals surface area (Å²) in [5, 5.41) is 7.35. The van der Waals surface area contributed by atoms with Gasteiger partial charge in [-0.3, -0.25) is 15.6 Å². The van der Waals surface area contributed by atoms with Crippen LogP contribution in [0.3, 0.4) is 0 Å². The number of fused-ring (bicyclic) bond motifs is 1. The SMILES string of the molecule is Cc1cc(C(=O)N(C)CCCC2CC(c3ccc(F)cc3)NN2)c2cnn(Cc3cccs3)c2n1. The van der Waals surface area contributed by atoms with E-state index in [4.69, 9.17) is 0 Å². The van der Waals surface area contributed by atoms with Crippen LogP contribution in [-0.2, 0) is 6.54 Å². The Labute approximate surface area is 207 Å². The summed E-state index contributed by atoms with van der Waals surface area (Å²) < 4.78 is 15.1. The number of benzene rings is 1. The number of hydrogen-bond acceptors (Lipinski definition) is 6. The third-order valence-corrected chi connectivity index (χ3v) is 7.36. The van der Waals surface area contributed by atoms with Crippen molar-refractivity contribution in [3.05, 3.63) is 81.6 Å². The zero-order valence-electron chi connectivity index (χ0n) is 19.9. The average molecular weight is 493 g/mol. The highest BCUT2D eigenvalue weighted by Gasteiger charge is 2.25. The predicted molar refractivity (Wildman–Crippen MR) is 136 cm³/mol. The molecule has 5 rings (SSSR count). The minimum absolute atomic E-state index is 0.0159. The molecular weight excluding hydrogens is 463 g/mol. The lowest BCUT2D eigenvalue weighted by Gasteiger charge is -2.19. The molecule has 2 atom stereocenters. The molecule has 0 bridgehead atoms. The minimum Gasteiger partial charge on any atom is -0.342 e.